The maximum absolute atomic E-state index is 11.4. The van der Waals surface area contributed by atoms with Gasteiger partial charge in [0.2, 0.25) is 5.91 Å². The number of halogens is 1. The molecular formula is C10H11BrN2O3. The van der Waals surface area contributed by atoms with Crippen LogP contribution < -0.4 is 11.1 Å². The van der Waals surface area contributed by atoms with Gasteiger partial charge in [0.05, 0.1) is 17.3 Å². The lowest BCUT2D eigenvalue weighted by molar-refractivity contribution is -0.117. The standard InChI is InChI=1S/C10H11BrN2O3/c1-5(12)9(14)13-8-6(10(15)16)3-2-4-7(8)11/h2-5H,12H2,1H3,(H,13,14)(H,15,16). The summed E-state index contributed by atoms with van der Waals surface area (Å²) in [5.74, 6) is -1.55. The molecule has 0 radical (unpaired) electrons. The first-order valence-electron chi connectivity index (χ1n) is 4.51. The van der Waals surface area contributed by atoms with Crippen LogP contribution in [0.4, 0.5) is 5.69 Å². The van der Waals surface area contributed by atoms with Gasteiger partial charge in [-0.1, -0.05) is 6.07 Å². The van der Waals surface area contributed by atoms with Gasteiger partial charge in [-0.2, -0.15) is 0 Å². The molecule has 0 saturated heterocycles. The van der Waals surface area contributed by atoms with Gasteiger partial charge < -0.3 is 16.2 Å². The molecule has 0 aromatic heterocycles. The lowest BCUT2D eigenvalue weighted by Gasteiger charge is -2.11. The molecule has 1 aromatic rings. The van der Waals surface area contributed by atoms with E-state index in [1.807, 2.05) is 0 Å². The molecule has 0 aliphatic carbocycles. The first-order valence-corrected chi connectivity index (χ1v) is 5.31. The van der Waals surface area contributed by atoms with Gasteiger partial charge >= 0.3 is 5.97 Å². The summed E-state index contributed by atoms with van der Waals surface area (Å²) in [5, 5.41) is 11.4. The summed E-state index contributed by atoms with van der Waals surface area (Å²) in [4.78, 5) is 22.3. The highest BCUT2D eigenvalue weighted by atomic mass is 79.9. The maximum Gasteiger partial charge on any atom is 0.337 e. The van der Waals surface area contributed by atoms with Crippen molar-refractivity contribution in [3.05, 3.63) is 28.2 Å². The molecule has 0 aliphatic rings. The molecule has 0 bridgehead atoms. The third-order valence-electron chi connectivity index (χ3n) is 1.91. The SMILES string of the molecule is CC(N)C(=O)Nc1c(Br)cccc1C(=O)O. The number of anilines is 1. The lowest BCUT2D eigenvalue weighted by Crippen LogP contribution is -2.33. The predicted molar refractivity (Wildman–Crippen MR) is 63.4 cm³/mol. The van der Waals surface area contributed by atoms with Gasteiger partial charge in [-0.3, -0.25) is 4.79 Å². The van der Waals surface area contributed by atoms with Crippen molar-refractivity contribution in [2.24, 2.45) is 5.73 Å². The van der Waals surface area contributed by atoms with Crippen LogP contribution in [0, 0.1) is 0 Å². The van der Waals surface area contributed by atoms with Gasteiger partial charge in [-0.15, -0.1) is 0 Å². The molecule has 5 nitrogen and oxygen atoms in total. The normalized spacial score (nSPS) is 11.9. The first kappa shape index (κ1) is 12.7. The van der Waals surface area contributed by atoms with E-state index in [4.69, 9.17) is 10.8 Å². The fraction of sp³-hybridized carbons (Fsp3) is 0.200. The molecule has 1 atom stereocenters. The zero-order valence-corrected chi connectivity index (χ0v) is 10.1. The Kier molecular flexibility index (Phi) is 4.03. The molecule has 1 amide bonds. The average Bonchev–Trinajstić information content (AvgIpc) is 2.20. The van der Waals surface area contributed by atoms with E-state index in [0.29, 0.717) is 4.47 Å². The summed E-state index contributed by atoms with van der Waals surface area (Å²) in [7, 11) is 0. The van der Waals surface area contributed by atoms with Crippen LogP contribution in [0.3, 0.4) is 0 Å². The number of rotatable bonds is 3. The molecule has 0 saturated carbocycles. The minimum atomic E-state index is -1.11. The molecule has 0 fully saturated rings. The van der Waals surface area contributed by atoms with E-state index in [1.165, 1.54) is 13.0 Å². The number of benzene rings is 1. The number of carbonyl (C=O) groups is 2. The number of aromatic carboxylic acids is 1. The number of carboxylic acids is 1. The topological polar surface area (TPSA) is 92.4 Å². The van der Waals surface area contributed by atoms with Crippen LogP contribution in [0.5, 0.6) is 0 Å². The Labute approximate surface area is 101 Å². The van der Waals surface area contributed by atoms with E-state index in [1.54, 1.807) is 12.1 Å². The van der Waals surface area contributed by atoms with Crippen LogP contribution in [0.15, 0.2) is 22.7 Å². The smallest absolute Gasteiger partial charge is 0.337 e. The van der Waals surface area contributed by atoms with Crippen LogP contribution in [0.2, 0.25) is 0 Å². The Morgan fingerprint density at radius 3 is 2.62 bits per heavy atom. The number of nitrogens with one attached hydrogen (secondary N) is 1. The number of hydrogen-bond donors (Lipinski definition) is 3. The number of nitrogens with two attached hydrogens (primary N) is 1. The van der Waals surface area contributed by atoms with E-state index < -0.39 is 17.9 Å². The van der Waals surface area contributed by atoms with E-state index in [2.05, 4.69) is 21.2 Å². The monoisotopic (exact) mass is 286 g/mol. The molecule has 4 N–H and O–H groups in total. The molecule has 0 heterocycles. The van der Waals surface area contributed by atoms with E-state index in [9.17, 15) is 9.59 Å². The van der Waals surface area contributed by atoms with Gasteiger partial charge in [0.1, 0.15) is 0 Å². The lowest BCUT2D eigenvalue weighted by atomic mass is 10.1. The summed E-state index contributed by atoms with van der Waals surface area (Å²) in [6, 6.07) is 3.93. The van der Waals surface area contributed by atoms with Gasteiger partial charge in [0.15, 0.2) is 0 Å². The number of hydrogen-bond acceptors (Lipinski definition) is 3. The molecule has 1 unspecified atom stereocenters. The van der Waals surface area contributed by atoms with Crippen molar-refractivity contribution in [3.63, 3.8) is 0 Å². The second-order valence-corrected chi connectivity index (χ2v) is 4.10. The van der Waals surface area contributed by atoms with Crippen molar-refractivity contribution in [1.29, 1.82) is 0 Å². The van der Waals surface area contributed by atoms with Crippen molar-refractivity contribution in [1.82, 2.24) is 0 Å². The zero-order valence-electron chi connectivity index (χ0n) is 8.53. The molecule has 0 spiro atoms. The van der Waals surface area contributed by atoms with Crippen LogP contribution >= 0.6 is 15.9 Å². The second kappa shape index (κ2) is 5.09. The quantitative estimate of drug-likeness (QED) is 0.784. The second-order valence-electron chi connectivity index (χ2n) is 3.25. The van der Waals surface area contributed by atoms with Crippen LogP contribution in [0.1, 0.15) is 17.3 Å². The Balaban J connectivity index is 3.11. The molecule has 86 valence electrons. The zero-order chi connectivity index (χ0) is 12.3. The van der Waals surface area contributed by atoms with Crippen molar-refractivity contribution >= 4 is 33.5 Å². The van der Waals surface area contributed by atoms with Crippen molar-refractivity contribution < 1.29 is 14.7 Å². The Hall–Kier alpha value is -1.40. The summed E-state index contributed by atoms with van der Waals surface area (Å²) in [6.45, 7) is 1.52. The molecule has 6 heteroatoms. The minimum Gasteiger partial charge on any atom is -0.478 e. The highest BCUT2D eigenvalue weighted by Crippen LogP contribution is 2.26. The molecule has 16 heavy (non-hydrogen) atoms. The number of carbonyl (C=O) groups excluding carboxylic acids is 1. The van der Waals surface area contributed by atoms with Crippen molar-refractivity contribution in [2.45, 2.75) is 13.0 Å². The largest absolute Gasteiger partial charge is 0.478 e. The van der Waals surface area contributed by atoms with Crippen LogP contribution in [-0.2, 0) is 4.79 Å². The van der Waals surface area contributed by atoms with Gasteiger partial charge in [-0.25, -0.2) is 4.79 Å². The van der Waals surface area contributed by atoms with E-state index in [0.717, 1.165) is 0 Å². The average molecular weight is 287 g/mol. The Morgan fingerprint density at radius 1 is 1.50 bits per heavy atom. The van der Waals surface area contributed by atoms with E-state index in [-0.39, 0.29) is 11.3 Å². The summed E-state index contributed by atoms with van der Waals surface area (Å²) < 4.78 is 0.501. The number of carboxylic acid groups (broad SMARTS) is 1. The van der Waals surface area contributed by atoms with Crippen LogP contribution in [-0.4, -0.2) is 23.0 Å². The van der Waals surface area contributed by atoms with E-state index >= 15 is 0 Å². The third-order valence-corrected chi connectivity index (χ3v) is 2.57. The summed E-state index contributed by atoms with van der Waals surface area (Å²) in [6.07, 6.45) is 0. The molecular weight excluding hydrogens is 276 g/mol. The van der Waals surface area contributed by atoms with Crippen molar-refractivity contribution in [2.75, 3.05) is 5.32 Å². The molecule has 0 aliphatic heterocycles. The fourth-order valence-corrected chi connectivity index (χ4v) is 1.53. The molecule has 1 aromatic carbocycles. The summed E-state index contributed by atoms with van der Waals surface area (Å²) in [5.41, 5.74) is 5.62. The summed E-state index contributed by atoms with van der Waals surface area (Å²) >= 11 is 3.17. The van der Waals surface area contributed by atoms with Gasteiger partial charge in [-0.05, 0) is 35.0 Å². The number of para-hydroxylation sites is 1. The van der Waals surface area contributed by atoms with Gasteiger partial charge in [0.25, 0.3) is 0 Å². The maximum atomic E-state index is 11.4. The highest BCUT2D eigenvalue weighted by molar-refractivity contribution is 9.10. The number of amides is 1. The fourth-order valence-electron chi connectivity index (χ4n) is 1.07. The Bertz CT molecular complexity index is 432. The molecule has 1 rings (SSSR count). The minimum absolute atomic E-state index is 0.0170. The third kappa shape index (κ3) is 2.80. The first-order chi connectivity index (χ1) is 7.43. The Morgan fingerprint density at radius 2 is 2.12 bits per heavy atom. The van der Waals surface area contributed by atoms with Crippen molar-refractivity contribution in [3.8, 4) is 0 Å². The predicted octanol–water partition coefficient (Wildman–Crippen LogP) is 1.43. The highest BCUT2D eigenvalue weighted by Gasteiger charge is 2.16. The van der Waals surface area contributed by atoms with Gasteiger partial charge in [0, 0.05) is 4.47 Å². The van der Waals surface area contributed by atoms with Crippen LogP contribution in [0.25, 0.3) is 0 Å².